The molecule has 64 valence electrons. The van der Waals surface area contributed by atoms with Gasteiger partial charge in [0.2, 0.25) is 6.04 Å². The lowest BCUT2D eigenvalue weighted by Crippen LogP contribution is -2.41. The average molecular weight is 161 g/mol. The fraction of sp³-hybridized carbons (Fsp3) is 0.833. The third-order valence-corrected chi connectivity index (χ3v) is 1.79. The molecule has 4 atom stereocenters. The van der Waals surface area contributed by atoms with Gasteiger partial charge in [-0.05, 0) is 6.92 Å². The summed E-state index contributed by atoms with van der Waals surface area (Å²) >= 11 is 0. The fourth-order valence-corrected chi connectivity index (χ4v) is 1.19. The quantitative estimate of drug-likeness (QED) is 0.308. The van der Waals surface area contributed by atoms with Crippen LogP contribution in [-0.2, 0) is 0 Å². The summed E-state index contributed by atoms with van der Waals surface area (Å²) in [6.45, 7) is 1.39. The molecule has 1 aliphatic rings. The minimum atomic E-state index is -1.19. The Balaban J connectivity index is 2.74. The third-order valence-electron chi connectivity index (χ3n) is 1.79. The van der Waals surface area contributed by atoms with Crippen LogP contribution in [-0.4, -0.2) is 50.6 Å². The minimum Gasteiger partial charge on any atom is -0.624 e. The molecular weight excluding hydrogens is 150 g/mol. The second-order valence-corrected chi connectivity index (χ2v) is 2.72. The summed E-state index contributed by atoms with van der Waals surface area (Å²) in [6, 6.07) is -0.940. The van der Waals surface area contributed by atoms with Gasteiger partial charge in [-0.2, -0.15) is 0 Å². The van der Waals surface area contributed by atoms with E-state index in [0.717, 1.165) is 6.21 Å². The highest BCUT2D eigenvalue weighted by molar-refractivity contribution is 5.60. The predicted octanol–water partition coefficient (Wildman–Crippen LogP) is -1.95. The van der Waals surface area contributed by atoms with E-state index in [-0.39, 0.29) is 0 Å². The number of aliphatic hydroxyl groups is 3. The molecule has 0 aliphatic carbocycles. The molecule has 0 radical (unpaired) electrons. The number of rotatable bonds is 1. The zero-order chi connectivity index (χ0) is 8.59. The molecule has 0 saturated heterocycles. The van der Waals surface area contributed by atoms with E-state index in [2.05, 4.69) is 0 Å². The second-order valence-electron chi connectivity index (χ2n) is 2.72. The van der Waals surface area contributed by atoms with Crippen LogP contribution in [0.3, 0.4) is 0 Å². The van der Waals surface area contributed by atoms with Crippen molar-refractivity contribution < 1.29 is 20.1 Å². The van der Waals surface area contributed by atoms with E-state index >= 15 is 0 Å². The first-order chi connectivity index (χ1) is 5.04. The summed E-state index contributed by atoms with van der Waals surface area (Å²) in [5.41, 5.74) is 0. The van der Waals surface area contributed by atoms with Gasteiger partial charge in [0.15, 0.2) is 18.4 Å². The number of hydrogen-bond acceptors (Lipinski definition) is 4. The molecule has 0 amide bonds. The Hall–Kier alpha value is -0.650. The van der Waals surface area contributed by atoms with Crippen LogP contribution < -0.4 is 0 Å². The molecule has 0 spiro atoms. The van der Waals surface area contributed by atoms with Crippen molar-refractivity contribution in [2.75, 3.05) is 0 Å². The molecule has 5 nitrogen and oxygen atoms in total. The van der Waals surface area contributed by atoms with Crippen molar-refractivity contribution in [3.63, 3.8) is 0 Å². The monoisotopic (exact) mass is 161 g/mol. The van der Waals surface area contributed by atoms with Crippen LogP contribution in [0, 0.1) is 5.21 Å². The summed E-state index contributed by atoms with van der Waals surface area (Å²) in [5, 5.41) is 37.8. The third kappa shape index (κ3) is 1.35. The van der Waals surface area contributed by atoms with Crippen molar-refractivity contribution in [2.24, 2.45) is 0 Å². The minimum absolute atomic E-state index is 0.389. The molecule has 0 aromatic heterocycles. The Morgan fingerprint density at radius 2 is 2.09 bits per heavy atom. The van der Waals surface area contributed by atoms with E-state index in [1.807, 2.05) is 0 Å². The number of hydrogen-bond donors (Lipinski definition) is 3. The average Bonchev–Trinajstić information content (AvgIpc) is 2.07. The predicted molar refractivity (Wildman–Crippen MR) is 37.2 cm³/mol. The topological polar surface area (TPSA) is 86.8 Å². The SMILES string of the molecule is C[C@@H](O)[C@@H]1[C@H](O)[C@@H](O)C=[N+]1[O-]. The van der Waals surface area contributed by atoms with E-state index in [0.29, 0.717) is 4.74 Å². The van der Waals surface area contributed by atoms with E-state index in [4.69, 9.17) is 15.3 Å². The van der Waals surface area contributed by atoms with Crippen molar-refractivity contribution in [3.05, 3.63) is 5.21 Å². The van der Waals surface area contributed by atoms with Crippen LogP contribution in [0.15, 0.2) is 0 Å². The first kappa shape index (κ1) is 8.45. The van der Waals surface area contributed by atoms with Crippen molar-refractivity contribution in [1.82, 2.24) is 0 Å². The molecule has 0 fully saturated rings. The first-order valence-corrected chi connectivity index (χ1v) is 3.38. The van der Waals surface area contributed by atoms with Crippen LogP contribution in [0.1, 0.15) is 6.92 Å². The van der Waals surface area contributed by atoms with Crippen molar-refractivity contribution in [1.29, 1.82) is 0 Å². The zero-order valence-corrected chi connectivity index (χ0v) is 6.08. The highest BCUT2D eigenvalue weighted by Crippen LogP contribution is 2.12. The molecule has 0 aromatic carbocycles. The van der Waals surface area contributed by atoms with Gasteiger partial charge < -0.3 is 20.5 Å². The molecular formula is C6H11NO4. The lowest BCUT2D eigenvalue weighted by atomic mass is 10.1. The van der Waals surface area contributed by atoms with Crippen LogP contribution >= 0.6 is 0 Å². The van der Waals surface area contributed by atoms with Gasteiger partial charge >= 0.3 is 0 Å². The second kappa shape index (κ2) is 2.77. The van der Waals surface area contributed by atoms with E-state index < -0.39 is 24.4 Å². The van der Waals surface area contributed by atoms with E-state index in [1.165, 1.54) is 6.92 Å². The molecule has 0 aromatic rings. The molecule has 3 N–H and O–H groups in total. The molecule has 5 heteroatoms. The van der Waals surface area contributed by atoms with Crippen molar-refractivity contribution >= 4 is 6.21 Å². The van der Waals surface area contributed by atoms with Crippen LogP contribution in [0.25, 0.3) is 0 Å². The van der Waals surface area contributed by atoms with Gasteiger partial charge in [-0.1, -0.05) is 0 Å². The molecule has 0 unspecified atom stereocenters. The Morgan fingerprint density at radius 1 is 1.55 bits per heavy atom. The highest BCUT2D eigenvalue weighted by atomic mass is 16.5. The first-order valence-electron chi connectivity index (χ1n) is 3.38. The van der Waals surface area contributed by atoms with E-state index in [1.54, 1.807) is 0 Å². The summed E-state index contributed by atoms with van der Waals surface area (Å²) in [6.07, 6.45) is -2.35. The lowest BCUT2D eigenvalue weighted by Gasteiger charge is -2.17. The summed E-state index contributed by atoms with van der Waals surface area (Å²) in [4.78, 5) is 0. The standard InChI is InChI=1S/C6H11NO4/c1-3(8)5-6(10)4(9)2-7(5)11/h2-6,8-10H,1H3/t3-,4+,5-,6-/m1/s1. The number of aliphatic hydroxyl groups excluding tert-OH is 3. The maximum atomic E-state index is 10.8. The molecule has 11 heavy (non-hydrogen) atoms. The summed E-state index contributed by atoms with van der Waals surface area (Å²) in [7, 11) is 0. The van der Waals surface area contributed by atoms with Gasteiger partial charge in [0.25, 0.3) is 0 Å². The molecule has 0 bridgehead atoms. The van der Waals surface area contributed by atoms with Crippen LogP contribution in [0.4, 0.5) is 0 Å². The largest absolute Gasteiger partial charge is 0.624 e. The molecule has 1 heterocycles. The number of hydroxylamine groups is 1. The van der Waals surface area contributed by atoms with Crippen LogP contribution in [0.5, 0.6) is 0 Å². The van der Waals surface area contributed by atoms with E-state index in [9.17, 15) is 5.21 Å². The van der Waals surface area contributed by atoms with Gasteiger partial charge in [-0.15, -0.1) is 0 Å². The normalized spacial score (nSPS) is 40.4. The van der Waals surface area contributed by atoms with Gasteiger partial charge in [0.05, 0.1) is 0 Å². The van der Waals surface area contributed by atoms with Gasteiger partial charge in [0, 0.05) is 0 Å². The van der Waals surface area contributed by atoms with Gasteiger partial charge in [-0.25, -0.2) is 4.74 Å². The molecule has 0 saturated carbocycles. The number of nitrogens with zero attached hydrogens (tertiary/aromatic N) is 1. The summed E-state index contributed by atoms with van der Waals surface area (Å²) in [5.74, 6) is 0. The smallest absolute Gasteiger partial charge is 0.216 e. The fourth-order valence-electron chi connectivity index (χ4n) is 1.19. The van der Waals surface area contributed by atoms with Crippen LogP contribution in [0.2, 0.25) is 0 Å². The molecule has 1 rings (SSSR count). The van der Waals surface area contributed by atoms with Crippen molar-refractivity contribution in [2.45, 2.75) is 31.3 Å². The Bertz CT molecular complexity index is 179. The zero-order valence-electron chi connectivity index (χ0n) is 6.08. The molecule has 1 aliphatic heterocycles. The van der Waals surface area contributed by atoms with Gasteiger partial charge in [0.1, 0.15) is 6.10 Å². The highest BCUT2D eigenvalue weighted by Gasteiger charge is 2.42. The Labute approximate surface area is 63.8 Å². The van der Waals surface area contributed by atoms with Crippen molar-refractivity contribution in [3.8, 4) is 0 Å². The lowest BCUT2D eigenvalue weighted by molar-refractivity contribution is -0.509. The maximum absolute atomic E-state index is 10.8. The summed E-state index contributed by atoms with van der Waals surface area (Å²) < 4.78 is 0.389. The maximum Gasteiger partial charge on any atom is 0.216 e. The van der Waals surface area contributed by atoms with Gasteiger partial charge in [-0.3, -0.25) is 0 Å². The Kier molecular flexibility index (Phi) is 2.12. The Morgan fingerprint density at radius 3 is 2.27 bits per heavy atom.